The normalized spacial score (nSPS) is 15.5. The molecule has 0 aliphatic carbocycles. The van der Waals surface area contributed by atoms with E-state index in [1.54, 1.807) is 29.3 Å². The minimum absolute atomic E-state index is 0.149. The van der Waals surface area contributed by atoms with Crippen LogP contribution in [0.15, 0.2) is 79.0 Å². The number of amides is 3. The smallest absolute Gasteiger partial charge is 0.261 e. The number of carbonyl (C=O) groups is 3. The summed E-state index contributed by atoms with van der Waals surface area (Å²) in [5, 5.41) is 0. The van der Waals surface area contributed by atoms with E-state index in [2.05, 4.69) is 9.88 Å². The molecule has 3 heterocycles. The van der Waals surface area contributed by atoms with Crippen LogP contribution >= 0.6 is 0 Å². The lowest BCUT2D eigenvalue weighted by molar-refractivity contribution is 0.0642. The third-order valence-electron chi connectivity index (χ3n) is 6.73. The van der Waals surface area contributed by atoms with Crippen molar-refractivity contribution in [1.82, 2.24) is 19.8 Å². The highest BCUT2D eigenvalue weighted by Gasteiger charge is 2.36. The first-order valence-electron chi connectivity index (χ1n) is 11.9. The first kappa shape index (κ1) is 21.9. The number of rotatable bonds is 4. The maximum absolute atomic E-state index is 13.2. The van der Waals surface area contributed by atoms with E-state index in [1.165, 1.54) is 4.90 Å². The van der Waals surface area contributed by atoms with Crippen LogP contribution in [0.25, 0.3) is 11.0 Å². The van der Waals surface area contributed by atoms with Crippen LogP contribution in [0, 0.1) is 0 Å². The van der Waals surface area contributed by atoms with Gasteiger partial charge in [0.1, 0.15) is 5.82 Å². The van der Waals surface area contributed by atoms with Crippen LogP contribution in [0.2, 0.25) is 0 Å². The lowest BCUT2D eigenvalue weighted by Gasteiger charge is -2.35. The number of fused-ring (bicyclic) bond motifs is 2. The third kappa shape index (κ3) is 3.86. The number of hydrogen-bond donors (Lipinski definition) is 0. The molecule has 0 radical (unpaired) electrons. The van der Waals surface area contributed by atoms with Gasteiger partial charge in [-0.3, -0.25) is 24.3 Å². The molecule has 2 aliphatic rings. The van der Waals surface area contributed by atoms with Crippen molar-refractivity contribution < 1.29 is 14.4 Å². The summed E-state index contributed by atoms with van der Waals surface area (Å²) < 4.78 is 0. The molecule has 1 fully saturated rings. The minimum Gasteiger partial charge on any atom is -0.352 e. The number of para-hydroxylation sites is 2. The van der Waals surface area contributed by atoms with E-state index in [4.69, 9.17) is 4.98 Å². The maximum atomic E-state index is 13.2. The Hall–Kier alpha value is -4.59. The van der Waals surface area contributed by atoms with E-state index < -0.39 is 0 Å². The van der Waals surface area contributed by atoms with Gasteiger partial charge < -0.3 is 9.80 Å². The molecule has 8 nitrogen and oxygen atoms in total. The summed E-state index contributed by atoms with van der Waals surface area (Å²) in [6, 6.07) is 21.9. The fraction of sp³-hybridized carbons (Fsp3) is 0.179. The molecule has 36 heavy (non-hydrogen) atoms. The summed E-state index contributed by atoms with van der Waals surface area (Å²) in [4.78, 5) is 53.4. The highest BCUT2D eigenvalue weighted by atomic mass is 16.2. The Labute approximate surface area is 207 Å². The Balaban J connectivity index is 1.15. The molecule has 8 heteroatoms. The van der Waals surface area contributed by atoms with Crippen LogP contribution < -0.4 is 4.90 Å². The molecule has 4 aromatic rings. The highest BCUT2D eigenvalue weighted by molar-refractivity contribution is 6.22. The second-order valence-corrected chi connectivity index (χ2v) is 8.94. The van der Waals surface area contributed by atoms with Gasteiger partial charge in [0.2, 0.25) is 0 Å². The fourth-order valence-electron chi connectivity index (χ4n) is 4.75. The van der Waals surface area contributed by atoms with Crippen LogP contribution in [0.5, 0.6) is 0 Å². The van der Waals surface area contributed by atoms with Gasteiger partial charge >= 0.3 is 0 Å². The Morgan fingerprint density at radius 2 is 1.47 bits per heavy atom. The van der Waals surface area contributed by atoms with Gasteiger partial charge in [0.15, 0.2) is 0 Å². The van der Waals surface area contributed by atoms with Gasteiger partial charge in [-0.25, -0.2) is 4.98 Å². The number of imide groups is 1. The van der Waals surface area contributed by atoms with E-state index in [-0.39, 0.29) is 29.8 Å². The Morgan fingerprint density at radius 1 is 0.778 bits per heavy atom. The third-order valence-corrected chi connectivity index (χ3v) is 6.73. The van der Waals surface area contributed by atoms with Crippen molar-refractivity contribution in [3.63, 3.8) is 0 Å². The number of aromatic nitrogens is 2. The molecule has 0 atom stereocenters. The van der Waals surface area contributed by atoms with E-state index in [1.807, 2.05) is 54.6 Å². The summed E-state index contributed by atoms with van der Waals surface area (Å²) >= 11 is 0. The highest BCUT2D eigenvalue weighted by Crippen LogP contribution is 2.26. The van der Waals surface area contributed by atoms with Crippen molar-refractivity contribution in [3.05, 3.63) is 101 Å². The van der Waals surface area contributed by atoms with Gasteiger partial charge in [-0.1, -0.05) is 42.5 Å². The molecule has 0 N–H and O–H groups in total. The van der Waals surface area contributed by atoms with Crippen molar-refractivity contribution in [2.75, 3.05) is 31.1 Å². The summed E-state index contributed by atoms with van der Waals surface area (Å²) in [5.41, 5.74) is 3.60. The van der Waals surface area contributed by atoms with Gasteiger partial charge in [-0.15, -0.1) is 0 Å². The average molecular weight is 478 g/mol. The Morgan fingerprint density at radius 3 is 2.25 bits per heavy atom. The predicted octanol–water partition coefficient (Wildman–Crippen LogP) is 3.39. The van der Waals surface area contributed by atoms with E-state index in [0.29, 0.717) is 37.3 Å². The zero-order valence-electron chi connectivity index (χ0n) is 19.5. The minimum atomic E-state index is -0.367. The summed E-state index contributed by atoms with van der Waals surface area (Å²) in [5.74, 6) is -0.0547. The van der Waals surface area contributed by atoms with Crippen LogP contribution in [0.3, 0.4) is 0 Å². The molecule has 2 aliphatic heterocycles. The molecule has 0 bridgehead atoms. The molecule has 3 amide bonds. The van der Waals surface area contributed by atoms with Crippen molar-refractivity contribution in [3.8, 4) is 0 Å². The van der Waals surface area contributed by atoms with Crippen molar-refractivity contribution in [2.24, 2.45) is 0 Å². The zero-order chi connectivity index (χ0) is 24.6. The summed E-state index contributed by atoms with van der Waals surface area (Å²) in [7, 11) is 0. The molecule has 178 valence electrons. The lowest BCUT2D eigenvalue weighted by Crippen LogP contribution is -2.49. The predicted molar refractivity (Wildman–Crippen MR) is 135 cm³/mol. The van der Waals surface area contributed by atoms with Gasteiger partial charge in [-0.05, 0) is 35.9 Å². The number of hydrogen-bond acceptors (Lipinski definition) is 6. The molecule has 0 spiro atoms. The van der Waals surface area contributed by atoms with Gasteiger partial charge in [0, 0.05) is 31.7 Å². The first-order valence-corrected chi connectivity index (χ1v) is 11.9. The topological polar surface area (TPSA) is 86.7 Å². The fourth-order valence-corrected chi connectivity index (χ4v) is 4.75. The van der Waals surface area contributed by atoms with Crippen LogP contribution in [-0.4, -0.2) is 63.7 Å². The summed E-state index contributed by atoms with van der Waals surface area (Å²) in [6.07, 6.45) is 1.77. The Bertz CT molecular complexity index is 1500. The van der Waals surface area contributed by atoms with E-state index >= 15 is 0 Å². The number of nitrogens with zero attached hydrogens (tertiary/aromatic N) is 5. The number of benzene rings is 3. The standard InChI is InChI=1S/C28H23N5O3/c34-26(32-14-12-31(13-15-32)25-17-29-23-8-4-5-9-24(23)30-25)20-10-11-21-22(16-20)28(36)33(27(21)35)18-19-6-2-1-3-7-19/h1-11,16-17H,12-15,18H2. The largest absolute Gasteiger partial charge is 0.352 e. The molecule has 3 aromatic carbocycles. The Kier molecular flexibility index (Phi) is 5.41. The van der Waals surface area contributed by atoms with Gasteiger partial charge in [0.05, 0.1) is 34.9 Å². The molecule has 1 aromatic heterocycles. The van der Waals surface area contributed by atoms with Crippen LogP contribution in [-0.2, 0) is 6.54 Å². The molecule has 1 saturated heterocycles. The quantitative estimate of drug-likeness (QED) is 0.419. The molecule has 6 rings (SSSR count). The van der Waals surface area contributed by atoms with Crippen LogP contribution in [0.1, 0.15) is 36.6 Å². The lowest BCUT2D eigenvalue weighted by atomic mass is 10.0. The number of piperazine rings is 1. The van der Waals surface area contributed by atoms with Gasteiger partial charge in [0.25, 0.3) is 17.7 Å². The van der Waals surface area contributed by atoms with Gasteiger partial charge in [-0.2, -0.15) is 0 Å². The second kappa shape index (κ2) is 8.88. The second-order valence-electron chi connectivity index (χ2n) is 8.94. The SMILES string of the molecule is O=C(c1ccc2c(c1)C(=O)N(Cc1ccccc1)C2=O)N1CCN(c2cnc3ccccc3n2)CC1. The van der Waals surface area contributed by atoms with E-state index in [0.717, 1.165) is 22.4 Å². The molecular weight excluding hydrogens is 454 g/mol. The van der Waals surface area contributed by atoms with Crippen molar-refractivity contribution in [2.45, 2.75) is 6.54 Å². The van der Waals surface area contributed by atoms with Crippen molar-refractivity contribution >= 4 is 34.6 Å². The first-order chi connectivity index (χ1) is 17.6. The molecule has 0 unspecified atom stereocenters. The zero-order valence-corrected chi connectivity index (χ0v) is 19.5. The monoisotopic (exact) mass is 477 g/mol. The van der Waals surface area contributed by atoms with E-state index in [9.17, 15) is 14.4 Å². The molecular formula is C28H23N5O3. The van der Waals surface area contributed by atoms with Crippen LogP contribution in [0.4, 0.5) is 5.82 Å². The number of anilines is 1. The summed E-state index contributed by atoms with van der Waals surface area (Å²) in [6.45, 7) is 2.52. The molecule has 0 saturated carbocycles. The average Bonchev–Trinajstić information content (AvgIpc) is 3.17. The number of carbonyl (C=O) groups excluding carboxylic acids is 3. The maximum Gasteiger partial charge on any atom is 0.261 e. The van der Waals surface area contributed by atoms with Crippen molar-refractivity contribution in [1.29, 1.82) is 0 Å².